The summed E-state index contributed by atoms with van der Waals surface area (Å²) in [6.45, 7) is 1.92. The second kappa shape index (κ2) is 3.32. The molecule has 0 fully saturated rings. The number of aryl methyl sites for hydroxylation is 1. The predicted molar refractivity (Wildman–Crippen MR) is 51.7 cm³/mol. The van der Waals surface area contributed by atoms with E-state index in [0.717, 1.165) is 10.2 Å². The van der Waals surface area contributed by atoms with Crippen molar-refractivity contribution < 1.29 is 0 Å². The number of nitrogens with one attached hydrogen (secondary N) is 1. The second-order valence-corrected chi connectivity index (χ2v) is 3.30. The molecule has 1 rings (SSSR count). The number of hydrogen-bond donors (Lipinski definition) is 1. The molecule has 0 atom stereocenters. The lowest BCUT2D eigenvalue weighted by molar-refractivity contribution is 0.886. The summed E-state index contributed by atoms with van der Waals surface area (Å²) in [7, 11) is 1.77. The maximum atomic E-state index is 4.96. The smallest absolute Gasteiger partial charge is 0.193 e. The second-order valence-electron chi connectivity index (χ2n) is 2.06. The fraction of sp³-hybridized carbons (Fsp3) is 0.333. The van der Waals surface area contributed by atoms with Crippen molar-refractivity contribution in [2.24, 2.45) is 0 Å². The molecule has 11 heavy (non-hydrogen) atoms. The van der Waals surface area contributed by atoms with Crippen LogP contribution in [0, 0.1) is 6.92 Å². The Hall–Kier alpha value is -0.420. The van der Waals surface area contributed by atoms with E-state index in [4.69, 9.17) is 12.2 Å². The molecule has 0 aromatic carbocycles. The number of halogens is 1. The Kier molecular flexibility index (Phi) is 2.62. The molecule has 5 heteroatoms. The molecule has 0 bridgehead atoms. The largest absolute Gasteiger partial charge is 0.364 e. The van der Waals surface area contributed by atoms with Crippen molar-refractivity contribution in [3.8, 4) is 0 Å². The lowest BCUT2D eigenvalue weighted by atomic mass is 10.5. The normalized spacial score (nSPS) is 9.73. The van der Waals surface area contributed by atoms with Gasteiger partial charge in [0, 0.05) is 13.2 Å². The van der Waals surface area contributed by atoms with E-state index in [-0.39, 0.29) is 0 Å². The highest BCUT2D eigenvalue weighted by atomic mass is 79.9. The molecule has 0 aliphatic carbocycles. The van der Waals surface area contributed by atoms with Crippen molar-refractivity contribution in [1.29, 1.82) is 0 Å². The van der Waals surface area contributed by atoms with Crippen LogP contribution in [0.15, 0.2) is 10.7 Å². The van der Waals surface area contributed by atoms with Crippen molar-refractivity contribution in [1.82, 2.24) is 15.1 Å². The molecule has 0 saturated heterocycles. The molecule has 0 amide bonds. The highest BCUT2D eigenvalue weighted by Gasteiger charge is 2.02. The highest BCUT2D eigenvalue weighted by molar-refractivity contribution is 9.10. The first-order chi connectivity index (χ1) is 5.15. The quantitative estimate of drug-likeness (QED) is 0.686. The van der Waals surface area contributed by atoms with Crippen LogP contribution in [0.25, 0.3) is 0 Å². The van der Waals surface area contributed by atoms with Crippen LogP contribution < -0.4 is 5.32 Å². The van der Waals surface area contributed by atoms with Crippen LogP contribution >= 0.6 is 28.1 Å². The molecule has 1 heterocycles. The van der Waals surface area contributed by atoms with Crippen LogP contribution in [0.2, 0.25) is 0 Å². The fourth-order valence-corrected chi connectivity index (χ4v) is 1.02. The SMILES string of the molecule is CNC(=S)n1cc(Br)c(C)n1. The van der Waals surface area contributed by atoms with E-state index >= 15 is 0 Å². The van der Waals surface area contributed by atoms with E-state index in [9.17, 15) is 0 Å². The number of hydrogen-bond acceptors (Lipinski definition) is 2. The molecule has 0 aliphatic rings. The summed E-state index contributed by atoms with van der Waals surface area (Å²) < 4.78 is 2.59. The summed E-state index contributed by atoms with van der Waals surface area (Å²) in [6.07, 6.45) is 1.83. The molecule has 0 spiro atoms. The minimum absolute atomic E-state index is 0.596. The summed E-state index contributed by atoms with van der Waals surface area (Å²) >= 11 is 8.31. The Balaban J connectivity index is 2.97. The van der Waals surface area contributed by atoms with Gasteiger partial charge in [0.2, 0.25) is 0 Å². The van der Waals surface area contributed by atoms with Crippen LogP contribution in [-0.2, 0) is 0 Å². The average molecular weight is 234 g/mol. The summed E-state index contributed by atoms with van der Waals surface area (Å²) in [5.74, 6) is 0. The Morgan fingerprint density at radius 2 is 2.45 bits per heavy atom. The summed E-state index contributed by atoms with van der Waals surface area (Å²) in [4.78, 5) is 0. The van der Waals surface area contributed by atoms with E-state index in [1.165, 1.54) is 0 Å². The van der Waals surface area contributed by atoms with Gasteiger partial charge in [0.15, 0.2) is 5.11 Å². The molecule has 0 unspecified atom stereocenters. The third kappa shape index (κ3) is 1.78. The zero-order valence-electron chi connectivity index (χ0n) is 6.26. The van der Waals surface area contributed by atoms with Crippen molar-refractivity contribution in [2.75, 3.05) is 7.05 Å². The van der Waals surface area contributed by atoms with Gasteiger partial charge in [-0.05, 0) is 35.1 Å². The van der Waals surface area contributed by atoms with Gasteiger partial charge >= 0.3 is 0 Å². The molecule has 0 radical (unpaired) electrons. The summed E-state index contributed by atoms with van der Waals surface area (Å²) in [5.41, 5.74) is 0.933. The maximum Gasteiger partial charge on any atom is 0.193 e. The molecular formula is C6H8BrN3S. The Labute approximate surface area is 78.9 Å². The zero-order chi connectivity index (χ0) is 8.43. The molecule has 60 valence electrons. The third-order valence-corrected chi connectivity index (χ3v) is 2.43. The Morgan fingerprint density at radius 3 is 2.82 bits per heavy atom. The first kappa shape index (κ1) is 8.67. The molecule has 0 saturated carbocycles. The monoisotopic (exact) mass is 233 g/mol. The summed E-state index contributed by atoms with van der Waals surface area (Å²) in [6, 6.07) is 0. The predicted octanol–water partition coefficient (Wildman–Crippen LogP) is 1.31. The molecule has 1 aromatic rings. The van der Waals surface area contributed by atoms with Gasteiger partial charge in [-0.2, -0.15) is 5.10 Å². The molecule has 1 aromatic heterocycles. The third-order valence-electron chi connectivity index (χ3n) is 1.26. The van der Waals surface area contributed by atoms with Gasteiger partial charge in [0.05, 0.1) is 10.2 Å². The van der Waals surface area contributed by atoms with Crippen LogP contribution in [0.4, 0.5) is 0 Å². The average Bonchev–Trinajstić information content (AvgIpc) is 2.31. The van der Waals surface area contributed by atoms with Gasteiger partial charge in [0.1, 0.15) is 0 Å². The number of nitrogens with zero attached hydrogens (tertiary/aromatic N) is 2. The van der Waals surface area contributed by atoms with Crippen LogP contribution in [0.5, 0.6) is 0 Å². The number of aromatic nitrogens is 2. The number of rotatable bonds is 0. The van der Waals surface area contributed by atoms with E-state index < -0.39 is 0 Å². The zero-order valence-corrected chi connectivity index (χ0v) is 8.66. The first-order valence-corrected chi connectivity index (χ1v) is 4.29. The van der Waals surface area contributed by atoms with E-state index in [1.54, 1.807) is 11.7 Å². The van der Waals surface area contributed by atoms with Gasteiger partial charge in [0.25, 0.3) is 0 Å². The first-order valence-electron chi connectivity index (χ1n) is 3.09. The van der Waals surface area contributed by atoms with E-state index in [2.05, 4.69) is 26.3 Å². The van der Waals surface area contributed by atoms with Crippen molar-refractivity contribution in [3.63, 3.8) is 0 Å². The standard InChI is InChI=1S/C6H8BrN3S/c1-4-5(7)3-10(9-4)6(11)8-2/h3H,1-2H3,(H,8,11). The summed E-state index contributed by atoms with van der Waals surface area (Å²) in [5, 5.41) is 7.58. The molecule has 3 nitrogen and oxygen atoms in total. The topological polar surface area (TPSA) is 29.9 Å². The van der Waals surface area contributed by atoms with Gasteiger partial charge in [-0.3, -0.25) is 0 Å². The lowest BCUT2D eigenvalue weighted by Crippen LogP contribution is -2.24. The minimum Gasteiger partial charge on any atom is -0.364 e. The van der Waals surface area contributed by atoms with Crippen LogP contribution in [0.1, 0.15) is 5.69 Å². The fourth-order valence-electron chi connectivity index (χ4n) is 0.658. The lowest BCUT2D eigenvalue weighted by Gasteiger charge is -1.99. The van der Waals surface area contributed by atoms with Crippen molar-refractivity contribution in [3.05, 3.63) is 16.4 Å². The molecule has 0 aliphatic heterocycles. The van der Waals surface area contributed by atoms with Crippen molar-refractivity contribution >= 4 is 33.3 Å². The van der Waals surface area contributed by atoms with Gasteiger partial charge in [-0.25, -0.2) is 4.68 Å². The van der Waals surface area contributed by atoms with Gasteiger partial charge < -0.3 is 5.32 Å². The Morgan fingerprint density at radius 1 is 1.82 bits per heavy atom. The molecule has 1 N–H and O–H groups in total. The van der Waals surface area contributed by atoms with Crippen LogP contribution in [-0.4, -0.2) is 21.9 Å². The number of thiocarbonyl (C=S) groups is 1. The highest BCUT2D eigenvalue weighted by Crippen LogP contribution is 2.12. The van der Waals surface area contributed by atoms with E-state index in [1.807, 2.05) is 13.1 Å². The Bertz CT molecular complexity index is 262. The molecular weight excluding hydrogens is 226 g/mol. The van der Waals surface area contributed by atoms with Gasteiger partial charge in [-0.15, -0.1) is 0 Å². The van der Waals surface area contributed by atoms with E-state index in [0.29, 0.717) is 5.11 Å². The van der Waals surface area contributed by atoms with Gasteiger partial charge in [-0.1, -0.05) is 0 Å². The van der Waals surface area contributed by atoms with Crippen molar-refractivity contribution in [2.45, 2.75) is 6.92 Å². The minimum atomic E-state index is 0.596. The van der Waals surface area contributed by atoms with Crippen LogP contribution in [0.3, 0.4) is 0 Å². The maximum absolute atomic E-state index is 4.96.